The third kappa shape index (κ3) is 4.53. The van der Waals surface area contributed by atoms with Crippen LogP contribution in [0.2, 0.25) is 0 Å². The maximum Gasteiger partial charge on any atom is 0.234 e. The Balaban J connectivity index is 2.06. The van der Waals surface area contributed by atoms with Gasteiger partial charge in [-0.25, -0.2) is 0 Å². The molecular weight excluding hydrogens is 292 g/mol. The first-order valence-electron chi connectivity index (χ1n) is 7.03. The summed E-state index contributed by atoms with van der Waals surface area (Å²) in [6, 6.07) is 18.9. The number of thiocarbonyl (C=S) groups is 1. The highest BCUT2D eigenvalue weighted by Crippen LogP contribution is 2.15. The van der Waals surface area contributed by atoms with Gasteiger partial charge in [0.2, 0.25) is 5.91 Å². The van der Waals surface area contributed by atoms with Crippen LogP contribution in [-0.4, -0.2) is 10.9 Å². The Morgan fingerprint density at radius 3 is 2.00 bits per heavy atom. The van der Waals surface area contributed by atoms with Crippen LogP contribution in [0.1, 0.15) is 6.42 Å². The molecule has 0 spiro atoms. The van der Waals surface area contributed by atoms with Crippen LogP contribution in [0, 0.1) is 5.92 Å². The molecule has 1 unspecified atom stereocenters. The summed E-state index contributed by atoms with van der Waals surface area (Å²) in [5.41, 5.74) is 1.62. The zero-order valence-electron chi connectivity index (χ0n) is 12.2. The van der Waals surface area contributed by atoms with Crippen molar-refractivity contribution in [1.29, 1.82) is 0 Å². The van der Waals surface area contributed by atoms with Gasteiger partial charge in [0.15, 0.2) is 0 Å². The van der Waals surface area contributed by atoms with Gasteiger partial charge < -0.3 is 10.6 Å². The van der Waals surface area contributed by atoms with Crippen molar-refractivity contribution < 1.29 is 4.79 Å². The molecular formula is C18H18N2OS. The average Bonchev–Trinajstić information content (AvgIpc) is 2.54. The largest absolute Gasteiger partial charge is 0.349 e. The molecule has 0 fully saturated rings. The molecule has 1 amide bonds. The lowest BCUT2D eigenvalue weighted by atomic mass is 10.0. The summed E-state index contributed by atoms with van der Waals surface area (Å²) >= 11 is 5.40. The van der Waals surface area contributed by atoms with Gasteiger partial charge in [-0.3, -0.25) is 4.79 Å². The molecule has 0 saturated carbocycles. The molecule has 22 heavy (non-hydrogen) atoms. The van der Waals surface area contributed by atoms with Crippen LogP contribution in [0.15, 0.2) is 73.3 Å². The third-order valence-corrected chi connectivity index (χ3v) is 3.50. The summed E-state index contributed by atoms with van der Waals surface area (Å²) in [7, 11) is 0. The number of hydrogen-bond acceptors (Lipinski definition) is 2. The fourth-order valence-corrected chi connectivity index (χ4v) is 2.32. The van der Waals surface area contributed by atoms with Crippen molar-refractivity contribution in [3.63, 3.8) is 0 Å². The highest BCUT2D eigenvalue weighted by atomic mass is 32.1. The summed E-state index contributed by atoms with van der Waals surface area (Å²) in [6.45, 7) is 3.71. The first kappa shape index (κ1) is 15.9. The molecule has 0 bridgehead atoms. The van der Waals surface area contributed by atoms with Crippen molar-refractivity contribution in [2.24, 2.45) is 5.92 Å². The molecule has 0 aliphatic carbocycles. The van der Waals surface area contributed by atoms with E-state index in [-0.39, 0.29) is 5.91 Å². The maximum atomic E-state index is 12.4. The molecule has 0 aliphatic rings. The van der Waals surface area contributed by atoms with Gasteiger partial charge in [0.05, 0.1) is 10.9 Å². The number of nitrogens with one attached hydrogen (secondary N) is 2. The Labute approximate surface area is 136 Å². The number of amides is 1. The van der Waals surface area contributed by atoms with E-state index in [4.69, 9.17) is 12.2 Å². The minimum absolute atomic E-state index is 0.139. The number of rotatable bonds is 6. The van der Waals surface area contributed by atoms with Crippen molar-refractivity contribution in [2.75, 3.05) is 10.6 Å². The normalized spacial score (nSPS) is 11.3. The van der Waals surface area contributed by atoms with E-state index in [0.29, 0.717) is 11.4 Å². The van der Waals surface area contributed by atoms with E-state index < -0.39 is 5.92 Å². The molecule has 2 N–H and O–H groups in total. The van der Waals surface area contributed by atoms with Gasteiger partial charge in [0, 0.05) is 11.4 Å². The zero-order chi connectivity index (χ0) is 15.8. The van der Waals surface area contributed by atoms with Gasteiger partial charge in [-0.1, -0.05) is 54.7 Å². The monoisotopic (exact) mass is 310 g/mol. The molecule has 1 atom stereocenters. The summed E-state index contributed by atoms with van der Waals surface area (Å²) in [4.78, 5) is 12.9. The average molecular weight is 310 g/mol. The Morgan fingerprint density at radius 2 is 1.50 bits per heavy atom. The molecule has 3 nitrogen and oxygen atoms in total. The highest BCUT2D eigenvalue weighted by Gasteiger charge is 2.22. The SMILES string of the molecule is C=CCC(C(=O)Nc1ccccc1)C(=S)Nc1ccccc1. The van der Waals surface area contributed by atoms with Crippen molar-refractivity contribution in [2.45, 2.75) is 6.42 Å². The molecule has 0 saturated heterocycles. The summed E-state index contributed by atoms with van der Waals surface area (Å²) in [5.74, 6) is -0.590. The molecule has 0 heterocycles. The number of allylic oxidation sites excluding steroid dienone is 1. The fourth-order valence-electron chi connectivity index (χ4n) is 2.00. The highest BCUT2D eigenvalue weighted by molar-refractivity contribution is 7.80. The predicted molar refractivity (Wildman–Crippen MR) is 96.0 cm³/mol. The van der Waals surface area contributed by atoms with E-state index in [0.717, 1.165) is 11.4 Å². The number of carbonyl (C=O) groups is 1. The fraction of sp³-hybridized carbons (Fsp3) is 0.111. The topological polar surface area (TPSA) is 41.1 Å². The minimum Gasteiger partial charge on any atom is -0.349 e. The Kier molecular flexibility index (Phi) is 5.86. The number of anilines is 2. The van der Waals surface area contributed by atoms with Crippen LogP contribution in [-0.2, 0) is 4.79 Å². The third-order valence-electron chi connectivity index (χ3n) is 3.12. The van der Waals surface area contributed by atoms with Gasteiger partial charge in [0.1, 0.15) is 0 Å². The van der Waals surface area contributed by atoms with Gasteiger partial charge in [-0.2, -0.15) is 0 Å². The van der Waals surface area contributed by atoms with Crippen molar-refractivity contribution in [3.05, 3.63) is 73.3 Å². The Morgan fingerprint density at radius 1 is 1.00 bits per heavy atom. The lowest BCUT2D eigenvalue weighted by Crippen LogP contribution is -2.32. The molecule has 2 rings (SSSR count). The van der Waals surface area contributed by atoms with E-state index in [2.05, 4.69) is 17.2 Å². The molecule has 0 aliphatic heterocycles. The van der Waals surface area contributed by atoms with E-state index in [1.54, 1.807) is 6.08 Å². The van der Waals surface area contributed by atoms with Crippen molar-refractivity contribution in [1.82, 2.24) is 0 Å². The number of hydrogen-bond donors (Lipinski definition) is 2. The lowest BCUT2D eigenvalue weighted by Gasteiger charge is -2.18. The van der Waals surface area contributed by atoms with Crippen molar-refractivity contribution >= 4 is 34.5 Å². The van der Waals surface area contributed by atoms with Gasteiger partial charge in [-0.15, -0.1) is 6.58 Å². The first-order valence-corrected chi connectivity index (χ1v) is 7.44. The van der Waals surface area contributed by atoms with Crippen LogP contribution >= 0.6 is 12.2 Å². The maximum absolute atomic E-state index is 12.4. The number of para-hydroxylation sites is 2. The molecule has 4 heteroatoms. The van der Waals surface area contributed by atoms with Crippen LogP contribution in [0.25, 0.3) is 0 Å². The Bertz CT molecular complexity index is 587. The van der Waals surface area contributed by atoms with Crippen molar-refractivity contribution in [3.8, 4) is 0 Å². The molecule has 2 aromatic rings. The summed E-state index contributed by atoms with van der Waals surface area (Å²) in [6.07, 6.45) is 2.19. The van der Waals surface area contributed by atoms with E-state index in [9.17, 15) is 4.79 Å². The first-order chi connectivity index (χ1) is 10.7. The molecule has 112 valence electrons. The predicted octanol–water partition coefficient (Wildman–Crippen LogP) is 4.26. The second-order valence-electron chi connectivity index (χ2n) is 4.79. The minimum atomic E-state index is -0.451. The van der Waals surface area contributed by atoms with Gasteiger partial charge in [0.25, 0.3) is 0 Å². The standard InChI is InChI=1S/C18H18N2OS/c1-2-9-16(17(21)19-14-10-5-3-6-11-14)18(22)20-15-12-7-4-8-13-15/h2-8,10-13,16H,1,9H2,(H,19,21)(H,20,22). The molecule has 0 aromatic heterocycles. The Hall–Kier alpha value is -2.46. The number of benzene rings is 2. The van der Waals surface area contributed by atoms with Crippen LogP contribution in [0.4, 0.5) is 11.4 Å². The quantitative estimate of drug-likeness (QED) is 0.619. The van der Waals surface area contributed by atoms with E-state index in [1.807, 2.05) is 60.7 Å². The van der Waals surface area contributed by atoms with Crippen LogP contribution in [0.3, 0.4) is 0 Å². The van der Waals surface area contributed by atoms with E-state index in [1.165, 1.54) is 0 Å². The van der Waals surface area contributed by atoms with E-state index >= 15 is 0 Å². The lowest BCUT2D eigenvalue weighted by molar-refractivity contribution is -0.117. The number of carbonyl (C=O) groups excluding carboxylic acids is 1. The zero-order valence-corrected chi connectivity index (χ0v) is 13.0. The summed E-state index contributed by atoms with van der Waals surface area (Å²) < 4.78 is 0. The van der Waals surface area contributed by atoms with Gasteiger partial charge >= 0.3 is 0 Å². The summed E-state index contributed by atoms with van der Waals surface area (Å²) in [5, 5.41) is 6.00. The second-order valence-corrected chi connectivity index (χ2v) is 5.23. The van der Waals surface area contributed by atoms with Crippen LogP contribution < -0.4 is 10.6 Å². The second kappa shape index (κ2) is 8.10. The smallest absolute Gasteiger partial charge is 0.234 e. The molecule has 0 radical (unpaired) electrons. The molecule has 2 aromatic carbocycles. The van der Waals surface area contributed by atoms with Gasteiger partial charge in [-0.05, 0) is 30.7 Å². The van der Waals surface area contributed by atoms with Crippen LogP contribution in [0.5, 0.6) is 0 Å².